The molecule has 16 heavy (non-hydrogen) atoms. The van der Waals surface area contributed by atoms with Crippen LogP contribution in [0.25, 0.3) is 11.4 Å². The number of pyridine rings is 1. The molecule has 3 N–H and O–H groups in total. The molecule has 5 heteroatoms. The van der Waals surface area contributed by atoms with Crippen LogP contribution in [0.5, 0.6) is 5.88 Å². The van der Waals surface area contributed by atoms with Crippen LogP contribution in [-0.2, 0) is 0 Å². The Bertz CT molecular complexity index is 478. The molecule has 2 heterocycles. The smallest absolute Gasteiger partial charge is 0.214 e. The van der Waals surface area contributed by atoms with Gasteiger partial charge in [-0.3, -0.25) is 5.10 Å². The molecule has 0 aromatic carbocycles. The standard InChI is InChI=1S/C11H14N4O/c1-7(2)16-10-5-3-4-9(14-10)11-8(12)6-13-15-11/h3-7H,12H2,1-2H3,(H,13,15). The van der Waals surface area contributed by atoms with E-state index in [0.29, 0.717) is 17.3 Å². The van der Waals surface area contributed by atoms with Crippen LogP contribution in [0.2, 0.25) is 0 Å². The highest BCUT2D eigenvalue weighted by Gasteiger charge is 2.07. The van der Waals surface area contributed by atoms with E-state index in [-0.39, 0.29) is 6.10 Å². The number of aromatic nitrogens is 3. The van der Waals surface area contributed by atoms with Gasteiger partial charge in [-0.2, -0.15) is 5.10 Å². The highest BCUT2D eigenvalue weighted by atomic mass is 16.5. The number of anilines is 1. The number of H-pyrrole nitrogens is 1. The maximum Gasteiger partial charge on any atom is 0.214 e. The Kier molecular flexibility index (Phi) is 2.76. The van der Waals surface area contributed by atoms with E-state index >= 15 is 0 Å². The van der Waals surface area contributed by atoms with E-state index < -0.39 is 0 Å². The first-order valence-electron chi connectivity index (χ1n) is 5.09. The number of nitrogens with one attached hydrogen (secondary N) is 1. The number of hydrogen-bond acceptors (Lipinski definition) is 4. The summed E-state index contributed by atoms with van der Waals surface area (Å²) in [5.41, 5.74) is 7.77. The number of hydrogen-bond donors (Lipinski definition) is 2. The lowest BCUT2D eigenvalue weighted by molar-refractivity contribution is 0.233. The first-order valence-corrected chi connectivity index (χ1v) is 5.09. The van der Waals surface area contributed by atoms with Gasteiger partial charge in [0.05, 0.1) is 23.7 Å². The molecule has 2 aromatic rings. The van der Waals surface area contributed by atoms with Crippen molar-refractivity contribution in [3.8, 4) is 17.3 Å². The lowest BCUT2D eigenvalue weighted by Gasteiger charge is -2.09. The average molecular weight is 218 g/mol. The van der Waals surface area contributed by atoms with E-state index in [1.165, 1.54) is 0 Å². The molecule has 2 rings (SSSR count). The third-order valence-electron chi connectivity index (χ3n) is 2.00. The summed E-state index contributed by atoms with van der Waals surface area (Å²) in [6.45, 7) is 3.91. The van der Waals surface area contributed by atoms with E-state index in [0.717, 1.165) is 5.69 Å². The second-order valence-corrected chi connectivity index (χ2v) is 3.73. The van der Waals surface area contributed by atoms with Crippen molar-refractivity contribution in [2.75, 3.05) is 5.73 Å². The van der Waals surface area contributed by atoms with Crippen LogP contribution in [0.3, 0.4) is 0 Å². The van der Waals surface area contributed by atoms with Gasteiger partial charge < -0.3 is 10.5 Å². The van der Waals surface area contributed by atoms with Gasteiger partial charge in [-0.25, -0.2) is 4.98 Å². The topological polar surface area (TPSA) is 76.8 Å². The normalized spacial score (nSPS) is 10.7. The fraction of sp³-hybridized carbons (Fsp3) is 0.273. The summed E-state index contributed by atoms with van der Waals surface area (Å²) >= 11 is 0. The minimum absolute atomic E-state index is 0.0989. The third-order valence-corrected chi connectivity index (χ3v) is 2.00. The highest BCUT2D eigenvalue weighted by Crippen LogP contribution is 2.22. The molecule has 0 atom stereocenters. The molecular formula is C11H14N4O. The molecular weight excluding hydrogens is 204 g/mol. The molecule has 84 valence electrons. The lowest BCUT2D eigenvalue weighted by atomic mass is 10.2. The van der Waals surface area contributed by atoms with Crippen molar-refractivity contribution in [1.82, 2.24) is 15.2 Å². The minimum Gasteiger partial charge on any atom is -0.475 e. The van der Waals surface area contributed by atoms with Crippen molar-refractivity contribution in [2.24, 2.45) is 0 Å². The molecule has 0 bridgehead atoms. The van der Waals surface area contributed by atoms with E-state index in [9.17, 15) is 0 Å². The van der Waals surface area contributed by atoms with Crippen LogP contribution in [0.4, 0.5) is 5.69 Å². The number of nitrogens with two attached hydrogens (primary N) is 1. The van der Waals surface area contributed by atoms with Gasteiger partial charge >= 0.3 is 0 Å². The van der Waals surface area contributed by atoms with Crippen LogP contribution in [0, 0.1) is 0 Å². The molecule has 0 fully saturated rings. The molecule has 0 unspecified atom stereocenters. The van der Waals surface area contributed by atoms with Crippen LogP contribution in [-0.4, -0.2) is 21.3 Å². The molecule has 5 nitrogen and oxygen atoms in total. The highest BCUT2D eigenvalue weighted by molar-refractivity contribution is 5.68. The number of ether oxygens (including phenoxy) is 1. The van der Waals surface area contributed by atoms with Gasteiger partial charge in [0.15, 0.2) is 0 Å². The van der Waals surface area contributed by atoms with Crippen molar-refractivity contribution in [3.63, 3.8) is 0 Å². The number of rotatable bonds is 3. The first kappa shape index (κ1) is 10.5. The molecule has 0 saturated heterocycles. The molecule has 0 amide bonds. The largest absolute Gasteiger partial charge is 0.475 e. The Hall–Kier alpha value is -2.04. The molecule has 0 saturated carbocycles. The molecule has 0 aliphatic carbocycles. The zero-order valence-electron chi connectivity index (χ0n) is 9.27. The second-order valence-electron chi connectivity index (χ2n) is 3.73. The van der Waals surface area contributed by atoms with E-state index in [4.69, 9.17) is 10.5 Å². The molecule has 2 aromatic heterocycles. The van der Waals surface area contributed by atoms with E-state index in [1.807, 2.05) is 32.0 Å². The monoisotopic (exact) mass is 218 g/mol. The zero-order chi connectivity index (χ0) is 11.5. The summed E-state index contributed by atoms with van der Waals surface area (Å²) in [6.07, 6.45) is 1.66. The van der Waals surface area contributed by atoms with Gasteiger partial charge in [-0.15, -0.1) is 0 Å². The summed E-state index contributed by atoms with van der Waals surface area (Å²) in [5.74, 6) is 0.585. The van der Waals surface area contributed by atoms with Gasteiger partial charge in [-0.1, -0.05) is 6.07 Å². The number of nitrogens with zero attached hydrogens (tertiary/aromatic N) is 2. The fourth-order valence-corrected chi connectivity index (χ4v) is 1.36. The predicted octanol–water partition coefficient (Wildman–Crippen LogP) is 1.84. The Morgan fingerprint density at radius 2 is 2.19 bits per heavy atom. The Balaban J connectivity index is 2.33. The molecule has 0 aliphatic rings. The quantitative estimate of drug-likeness (QED) is 0.824. The lowest BCUT2D eigenvalue weighted by Crippen LogP contribution is -2.07. The molecule has 0 radical (unpaired) electrons. The molecule has 0 spiro atoms. The van der Waals surface area contributed by atoms with Gasteiger partial charge in [0.25, 0.3) is 0 Å². The van der Waals surface area contributed by atoms with Crippen LogP contribution >= 0.6 is 0 Å². The molecule has 0 aliphatic heterocycles. The zero-order valence-corrected chi connectivity index (χ0v) is 9.27. The summed E-state index contributed by atoms with van der Waals surface area (Å²) < 4.78 is 5.51. The SMILES string of the molecule is CC(C)Oc1cccc(-c2[nH]ncc2N)n1. The number of nitrogen functional groups attached to an aromatic ring is 1. The van der Waals surface area contributed by atoms with Crippen molar-refractivity contribution < 1.29 is 4.74 Å². The maximum absolute atomic E-state index is 5.75. The summed E-state index contributed by atoms with van der Waals surface area (Å²) in [4.78, 5) is 4.34. The van der Waals surface area contributed by atoms with Gasteiger partial charge in [-0.05, 0) is 19.9 Å². The minimum atomic E-state index is 0.0989. The van der Waals surface area contributed by atoms with Crippen LogP contribution in [0.1, 0.15) is 13.8 Å². The van der Waals surface area contributed by atoms with E-state index in [2.05, 4.69) is 15.2 Å². The van der Waals surface area contributed by atoms with Crippen LogP contribution in [0.15, 0.2) is 24.4 Å². The van der Waals surface area contributed by atoms with Crippen LogP contribution < -0.4 is 10.5 Å². The van der Waals surface area contributed by atoms with Crippen molar-refractivity contribution >= 4 is 5.69 Å². The predicted molar refractivity (Wildman–Crippen MR) is 62.0 cm³/mol. The third kappa shape index (κ3) is 2.13. The maximum atomic E-state index is 5.75. The first-order chi connectivity index (χ1) is 7.66. The van der Waals surface area contributed by atoms with Crippen molar-refractivity contribution in [3.05, 3.63) is 24.4 Å². The number of aromatic amines is 1. The summed E-state index contributed by atoms with van der Waals surface area (Å²) in [5, 5.41) is 6.67. The fourth-order valence-electron chi connectivity index (χ4n) is 1.36. The average Bonchev–Trinajstić information content (AvgIpc) is 2.64. The van der Waals surface area contributed by atoms with Crippen molar-refractivity contribution in [2.45, 2.75) is 20.0 Å². The van der Waals surface area contributed by atoms with Crippen molar-refractivity contribution in [1.29, 1.82) is 0 Å². The summed E-state index contributed by atoms with van der Waals surface area (Å²) in [6, 6.07) is 5.55. The van der Waals surface area contributed by atoms with Gasteiger partial charge in [0, 0.05) is 6.07 Å². The van der Waals surface area contributed by atoms with Gasteiger partial charge in [0.1, 0.15) is 5.69 Å². The second kappa shape index (κ2) is 4.22. The Morgan fingerprint density at radius 3 is 2.81 bits per heavy atom. The van der Waals surface area contributed by atoms with Gasteiger partial charge in [0.2, 0.25) is 5.88 Å². The summed E-state index contributed by atoms with van der Waals surface area (Å²) in [7, 11) is 0. The Morgan fingerprint density at radius 1 is 1.38 bits per heavy atom. The Labute approximate surface area is 93.7 Å². The van der Waals surface area contributed by atoms with E-state index in [1.54, 1.807) is 6.20 Å².